The van der Waals surface area contributed by atoms with Crippen molar-refractivity contribution in [3.05, 3.63) is 53.3 Å². The van der Waals surface area contributed by atoms with Crippen molar-refractivity contribution in [2.45, 2.75) is 25.9 Å². The number of benzene rings is 2. The molecule has 0 saturated heterocycles. The van der Waals surface area contributed by atoms with Crippen LogP contribution in [0, 0.1) is 5.82 Å². The van der Waals surface area contributed by atoms with Crippen LogP contribution < -0.4 is 14.2 Å². The maximum atomic E-state index is 13.2. The number of ether oxygens (including phenoxy) is 3. The molecule has 0 fully saturated rings. The van der Waals surface area contributed by atoms with Crippen molar-refractivity contribution < 1.29 is 23.4 Å². The first kappa shape index (κ1) is 15.7. The van der Waals surface area contributed by atoms with Gasteiger partial charge in [0.1, 0.15) is 11.6 Å². The first-order chi connectivity index (χ1) is 12.1. The predicted molar refractivity (Wildman–Crippen MR) is 88.2 cm³/mol. The lowest BCUT2D eigenvalue weighted by Gasteiger charge is -2.35. The van der Waals surface area contributed by atoms with Gasteiger partial charge in [-0.15, -0.1) is 0 Å². The van der Waals surface area contributed by atoms with Crippen LogP contribution in [0.2, 0.25) is 0 Å². The minimum Gasteiger partial charge on any atom is -0.484 e. The Kier molecular flexibility index (Phi) is 3.95. The van der Waals surface area contributed by atoms with E-state index in [0.717, 1.165) is 23.5 Å². The van der Waals surface area contributed by atoms with Crippen molar-refractivity contribution in [1.29, 1.82) is 0 Å². The Balaban J connectivity index is 1.46. The van der Waals surface area contributed by atoms with E-state index >= 15 is 0 Å². The van der Waals surface area contributed by atoms with Gasteiger partial charge in [0.15, 0.2) is 18.1 Å². The molecule has 0 saturated carbocycles. The zero-order valence-corrected chi connectivity index (χ0v) is 13.8. The van der Waals surface area contributed by atoms with Gasteiger partial charge in [0.25, 0.3) is 5.91 Å². The van der Waals surface area contributed by atoms with Gasteiger partial charge >= 0.3 is 0 Å². The fourth-order valence-corrected chi connectivity index (χ4v) is 3.25. The Bertz CT molecular complexity index is 823. The van der Waals surface area contributed by atoms with E-state index in [2.05, 4.69) is 0 Å². The molecule has 2 aromatic rings. The van der Waals surface area contributed by atoms with E-state index in [1.807, 2.05) is 19.1 Å². The van der Waals surface area contributed by atoms with Gasteiger partial charge in [-0.2, -0.15) is 0 Å². The highest BCUT2D eigenvalue weighted by Gasteiger charge is 2.29. The van der Waals surface area contributed by atoms with E-state index in [1.54, 1.807) is 17.0 Å². The highest BCUT2D eigenvalue weighted by atomic mass is 19.1. The molecule has 0 radical (unpaired) electrons. The number of hydrogen-bond acceptors (Lipinski definition) is 4. The summed E-state index contributed by atoms with van der Waals surface area (Å²) in [6.07, 6.45) is 0.748. The monoisotopic (exact) mass is 343 g/mol. The lowest BCUT2D eigenvalue weighted by molar-refractivity contribution is -0.136. The third-order valence-electron chi connectivity index (χ3n) is 4.56. The van der Waals surface area contributed by atoms with Crippen LogP contribution in [0.15, 0.2) is 36.4 Å². The largest absolute Gasteiger partial charge is 0.484 e. The maximum absolute atomic E-state index is 13.2. The van der Waals surface area contributed by atoms with Crippen LogP contribution in [0.5, 0.6) is 17.2 Å². The van der Waals surface area contributed by atoms with Crippen molar-refractivity contribution in [3.8, 4) is 17.2 Å². The van der Waals surface area contributed by atoms with Gasteiger partial charge in [0.2, 0.25) is 6.79 Å². The van der Waals surface area contributed by atoms with Gasteiger partial charge in [-0.05, 0) is 48.7 Å². The van der Waals surface area contributed by atoms with Gasteiger partial charge < -0.3 is 19.1 Å². The molecule has 2 aromatic carbocycles. The normalized spacial score (nSPS) is 18.0. The van der Waals surface area contributed by atoms with Crippen molar-refractivity contribution in [1.82, 2.24) is 4.90 Å². The fraction of sp³-hybridized carbons (Fsp3) is 0.316. The molecule has 25 heavy (non-hydrogen) atoms. The molecule has 1 unspecified atom stereocenters. The number of hydrogen-bond donors (Lipinski definition) is 0. The van der Waals surface area contributed by atoms with Gasteiger partial charge in [-0.3, -0.25) is 4.79 Å². The van der Waals surface area contributed by atoms with Crippen LogP contribution in [0.25, 0.3) is 0 Å². The standard InChI is InChI=1S/C19H18FNO4/c1-12-5-13-6-17-18(25-11-24-17)7-14(13)9-21(12)19(22)10-23-16-4-2-3-15(20)8-16/h2-4,6-8,12H,5,9-11H2,1H3. The average Bonchev–Trinajstić information content (AvgIpc) is 3.04. The molecular weight excluding hydrogens is 325 g/mol. The SMILES string of the molecule is CC1Cc2cc3c(cc2CN1C(=O)COc1cccc(F)c1)OCO3. The molecule has 0 N–H and O–H groups in total. The summed E-state index contributed by atoms with van der Waals surface area (Å²) in [5, 5.41) is 0. The van der Waals surface area contributed by atoms with Crippen LogP contribution in [0.1, 0.15) is 18.1 Å². The molecule has 2 heterocycles. The van der Waals surface area contributed by atoms with Crippen molar-refractivity contribution in [3.63, 3.8) is 0 Å². The number of fused-ring (bicyclic) bond motifs is 2. The Labute approximate surface area is 144 Å². The van der Waals surface area contributed by atoms with E-state index in [0.29, 0.717) is 12.3 Å². The van der Waals surface area contributed by atoms with Crippen molar-refractivity contribution in [2.24, 2.45) is 0 Å². The van der Waals surface area contributed by atoms with E-state index < -0.39 is 0 Å². The lowest BCUT2D eigenvalue weighted by Crippen LogP contribution is -2.44. The topological polar surface area (TPSA) is 48.0 Å². The number of amides is 1. The van der Waals surface area contributed by atoms with Crippen molar-refractivity contribution >= 4 is 5.91 Å². The third kappa shape index (κ3) is 3.12. The first-order valence-corrected chi connectivity index (χ1v) is 8.19. The zero-order chi connectivity index (χ0) is 17.4. The van der Waals surface area contributed by atoms with Gasteiger partial charge in [-0.1, -0.05) is 6.07 Å². The maximum Gasteiger partial charge on any atom is 0.261 e. The molecule has 0 bridgehead atoms. The van der Waals surface area contributed by atoms with Crippen LogP contribution in [0.4, 0.5) is 4.39 Å². The van der Waals surface area contributed by atoms with Gasteiger partial charge in [0.05, 0.1) is 0 Å². The van der Waals surface area contributed by atoms with Crippen LogP contribution >= 0.6 is 0 Å². The minimum atomic E-state index is -0.388. The number of carbonyl (C=O) groups is 1. The molecule has 1 amide bonds. The second-order valence-corrected chi connectivity index (χ2v) is 6.30. The summed E-state index contributed by atoms with van der Waals surface area (Å²) in [5.74, 6) is 1.32. The Hall–Kier alpha value is -2.76. The van der Waals surface area contributed by atoms with Gasteiger partial charge in [-0.25, -0.2) is 4.39 Å². The smallest absolute Gasteiger partial charge is 0.261 e. The first-order valence-electron chi connectivity index (χ1n) is 8.19. The summed E-state index contributed by atoms with van der Waals surface area (Å²) >= 11 is 0. The molecular formula is C19H18FNO4. The number of halogens is 1. The van der Waals surface area contributed by atoms with Crippen molar-refractivity contribution in [2.75, 3.05) is 13.4 Å². The molecule has 130 valence electrons. The zero-order valence-electron chi connectivity index (χ0n) is 13.8. The Morgan fingerprint density at radius 2 is 2.00 bits per heavy atom. The second kappa shape index (κ2) is 6.27. The molecule has 1 atom stereocenters. The summed E-state index contributed by atoms with van der Waals surface area (Å²) in [5.41, 5.74) is 2.23. The molecule has 2 aliphatic rings. The molecule has 5 nitrogen and oxygen atoms in total. The summed E-state index contributed by atoms with van der Waals surface area (Å²) in [4.78, 5) is 14.3. The van der Waals surface area contributed by atoms with Gasteiger partial charge in [0, 0.05) is 18.7 Å². The summed E-state index contributed by atoms with van der Waals surface area (Å²) in [7, 11) is 0. The summed E-state index contributed by atoms with van der Waals surface area (Å²) < 4.78 is 29.5. The Morgan fingerprint density at radius 1 is 1.24 bits per heavy atom. The number of carbonyl (C=O) groups excluding carboxylic acids is 1. The van der Waals surface area contributed by atoms with Crippen LogP contribution in [-0.2, 0) is 17.8 Å². The molecule has 0 aliphatic carbocycles. The van der Waals surface area contributed by atoms with E-state index in [9.17, 15) is 9.18 Å². The number of nitrogens with zero attached hydrogens (tertiary/aromatic N) is 1. The Morgan fingerprint density at radius 3 is 2.76 bits per heavy atom. The predicted octanol–water partition coefficient (Wildman–Crippen LogP) is 2.91. The van der Waals surface area contributed by atoms with Crippen LogP contribution in [-0.4, -0.2) is 30.2 Å². The minimum absolute atomic E-state index is 0.0523. The summed E-state index contributed by atoms with van der Waals surface area (Å²) in [6, 6.07) is 9.78. The fourth-order valence-electron chi connectivity index (χ4n) is 3.25. The molecule has 4 rings (SSSR count). The second-order valence-electron chi connectivity index (χ2n) is 6.30. The lowest BCUT2D eigenvalue weighted by atomic mass is 9.94. The van der Waals surface area contributed by atoms with Crippen LogP contribution in [0.3, 0.4) is 0 Å². The average molecular weight is 343 g/mol. The number of rotatable bonds is 3. The van der Waals surface area contributed by atoms with E-state index in [4.69, 9.17) is 14.2 Å². The molecule has 0 aromatic heterocycles. The highest BCUT2D eigenvalue weighted by molar-refractivity contribution is 5.78. The van der Waals surface area contributed by atoms with E-state index in [-0.39, 0.29) is 31.2 Å². The summed E-state index contributed by atoms with van der Waals surface area (Å²) in [6.45, 7) is 2.62. The van der Waals surface area contributed by atoms with E-state index in [1.165, 1.54) is 17.7 Å². The molecule has 0 spiro atoms. The highest BCUT2D eigenvalue weighted by Crippen LogP contribution is 2.37. The third-order valence-corrected chi connectivity index (χ3v) is 4.56. The quantitative estimate of drug-likeness (QED) is 0.860. The molecule has 2 aliphatic heterocycles. The molecule has 6 heteroatoms.